The SMILES string of the molecule is CC(C)(C)C(Br)Cc1ncnc2c1CCCCC2. The zero-order valence-electron chi connectivity index (χ0n) is 11.7. The first kappa shape index (κ1) is 14.0. The molecule has 0 bridgehead atoms. The normalized spacial score (nSPS) is 18.0. The van der Waals surface area contributed by atoms with E-state index < -0.39 is 0 Å². The van der Waals surface area contributed by atoms with Gasteiger partial charge in [-0.1, -0.05) is 43.1 Å². The van der Waals surface area contributed by atoms with E-state index in [0.29, 0.717) is 4.83 Å². The van der Waals surface area contributed by atoms with Gasteiger partial charge in [0.1, 0.15) is 6.33 Å². The zero-order chi connectivity index (χ0) is 13.2. The largest absolute Gasteiger partial charge is 0.241 e. The van der Waals surface area contributed by atoms with Crippen molar-refractivity contribution in [3.63, 3.8) is 0 Å². The molecular weight excluding hydrogens is 288 g/mol. The van der Waals surface area contributed by atoms with E-state index in [2.05, 4.69) is 46.7 Å². The number of fused-ring (bicyclic) bond motifs is 1. The van der Waals surface area contributed by atoms with E-state index in [1.807, 2.05) is 0 Å². The molecule has 1 heterocycles. The van der Waals surface area contributed by atoms with Crippen LogP contribution in [-0.2, 0) is 19.3 Å². The molecule has 0 amide bonds. The van der Waals surface area contributed by atoms with Crippen molar-refractivity contribution in [1.29, 1.82) is 0 Å². The number of hydrogen-bond donors (Lipinski definition) is 0. The van der Waals surface area contributed by atoms with Gasteiger partial charge in [-0.15, -0.1) is 0 Å². The molecule has 0 saturated heterocycles. The fraction of sp³-hybridized carbons (Fsp3) is 0.733. The lowest BCUT2D eigenvalue weighted by Gasteiger charge is -2.26. The molecular formula is C15H23BrN2. The van der Waals surface area contributed by atoms with Crippen molar-refractivity contribution in [3.8, 4) is 0 Å². The van der Waals surface area contributed by atoms with E-state index in [-0.39, 0.29) is 5.41 Å². The average molecular weight is 311 g/mol. The molecule has 1 atom stereocenters. The minimum atomic E-state index is 0.266. The Bertz CT molecular complexity index is 409. The molecule has 18 heavy (non-hydrogen) atoms. The van der Waals surface area contributed by atoms with Gasteiger partial charge in [0.2, 0.25) is 0 Å². The molecule has 0 saturated carbocycles. The molecule has 1 aliphatic rings. The van der Waals surface area contributed by atoms with Crippen LogP contribution < -0.4 is 0 Å². The van der Waals surface area contributed by atoms with Gasteiger partial charge < -0.3 is 0 Å². The fourth-order valence-corrected chi connectivity index (χ4v) is 2.72. The van der Waals surface area contributed by atoms with E-state index >= 15 is 0 Å². The molecule has 0 aromatic carbocycles. The predicted molar refractivity (Wildman–Crippen MR) is 79.2 cm³/mol. The van der Waals surface area contributed by atoms with E-state index in [1.54, 1.807) is 6.33 Å². The van der Waals surface area contributed by atoms with Gasteiger partial charge in [0.15, 0.2) is 0 Å². The van der Waals surface area contributed by atoms with Gasteiger partial charge >= 0.3 is 0 Å². The van der Waals surface area contributed by atoms with Gasteiger partial charge in [0.25, 0.3) is 0 Å². The lowest BCUT2D eigenvalue weighted by molar-refractivity contribution is 0.395. The summed E-state index contributed by atoms with van der Waals surface area (Å²) >= 11 is 3.82. The van der Waals surface area contributed by atoms with E-state index in [1.165, 1.54) is 36.2 Å². The first-order valence-corrected chi connectivity index (χ1v) is 7.86. The minimum absolute atomic E-state index is 0.266. The Morgan fingerprint density at radius 1 is 1.17 bits per heavy atom. The van der Waals surface area contributed by atoms with Gasteiger partial charge in [0.05, 0.1) is 0 Å². The molecule has 1 unspecified atom stereocenters. The number of alkyl halides is 1. The summed E-state index contributed by atoms with van der Waals surface area (Å²) in [6, 6.07) is 0. The Morgan fingerprint density at radius 2 is 1.89 bits per heavy atom. The molecule has 0 fully saturated rings. The first-order valence-electron chi connectivity index (χ1n) is 6.94. The molecule has 0 radical (unpaired) electrons. The minimum Gasteiger partial charge on any atom is -0.241 e. The van der Waals surface area contributed by atoms with Crippen LogP contribution in [0, 0.1) is 5.41 Å². The molecule has 1 aliphatic carbocycles. The summed E-state index contributed by atoms with van der Waals surface area (Å²) < 4.78 is 0. The third-order valence-corrected chi connectivity index (χ3v) is 5.47. The van der Waals surface area contributed by atoms with E-state index in [4.69, 9.17) is 0 Å². The highest BCUT2D eigenvalue weighted by Crippen LogP contribution is 2.30. The molecule has 0 N–H and O–H groups in total. The van der Waals surface area contributed by atoms with Crippen molar-refractivity contribution in [2.24, 2.45) is 5.41 Å². The summed E-state index contributed by atoms with van der Waals surface area (Å²) in [6.07, 6.45) is 8.95. The van der Waals surface area contributed by atoms with Crippen molar-refractivity contribution in [3.05, 3.63) is 23.3 Å². The molecule has 3 heteroatoms. The van der Waals surface area contributed by atoms with Gasteiger partial charge in [-0.25, -0.2) is 9.97 Å². The Labute approximate surface area is 119 Å². The van der Waals surface area contributed by atoms with Crippen LogP contribution in [-0.4, -0.2) is 14.8 Å². The number of aryl methyl sites for hydroxylation is 1. The quantitative estimate of drug-likeness (QED) is 0.607. The lowest BCUT2D eigenvalue weighted by Crippen LogP contribution is -2.24. The number of halogens is 1. The van der Waals surface area contributed by atoms with Gasteiger partial charge in [-0.3, -0.25) is 0 Å². The fourth-order valence-electron chi connectivity index (χ4n) is 2.42. The maximum absolute atomic E-state index is 4.55. The van der Waals surface area contributed by atoms with Crippen LogP contribution >= 0.6 is 15.9 Å². The highest BCUT2D eigenvalue weighted by atomic mass is 79.9. The smallest absolute Gasteiger partial charge is 0.115 e. The highest BCUT2D eigenvalue weighted by Gasteiger charge is 2.24. The van der Waals surface area contributed by atoms with Crippen LogP contribution in [0.2, 0.25) is 0 Å². The van der Waals surface area contributed by atoms with Crippen LogP contribution in [0.3, 0.4) is 0 Å². The zero-order valence-corrected chi connectivity index (χ0v) is 13.3. The molecule has 0 aliphatic heterocycles. The van der Waals surface area contributed by atoms with Crippen molar-refractivity contribution in [1.82, 2.24) is 9.97 Å². The van der Waals surface area contributed by atoms with Crippen molar-refractivity contribution >= 4 is 15.9 Å². The van der Waals surface area contributed by atoms with E-state index in [9.17, 15) is 0 Å². The summed E-state index contributed by atoms with van der Waals surface area (Å²) in [4.78, 5) is 9.49. The molecule has 2 rings (SSSR count). The first-order chi connectivity index (χ1) is 8.48. The summed E-state index contributed by atoms with van der Waals surface area (Å²) in [7, 11) is 0. The predicted octanol–water partition coefficient (Wildman–Crippen LogP) is 4.10. The van der Waals surface area contributed by atoms with Crippen molar-refractivity contribution < 1.29 is 0 Å². The summed E-state index contributed by atoms with van der Waals surface area (Å²) in [6.45, 7) is 6.81. The average Bonchev–Trinajstić information content (AvgIpc) is 2.53. The summed E-state index contributed by atoms with van der Waals surface area (Å²) in [5, 5.41) is 0. The third kappa shape index (κ3) is 3.31. The van der Waals surface area contributed by atoms with Crippen LogP contribution in [0.4, 0.5) is 0 Å². The topological polar surface area (TPSA) is 25.8 Å². The second kappa shape index (κ2) is 5.68. The van der Waals surface area contributed by atoms with Crippen LogP contribution in [0.25, 0.3) is 0 Å². The standard InChI is InChI=1S/C15H23BrN2/c1-15(2,3)14(16)9-13-11-7-5-4-6-8-12(11)17-10-18-13/h10,14H,4-9H2,1-3H3. The molecule has 1 aromatic heterocycles. The second-order valence-electron chi connectivity index (χ2n) is 6.34. The summed E-state index contributed by atoms with van der Waals surface area (Å²) in [5.74, 6) is 0. The highest BCUT2D eigenvalue weighted by molar-refractivity contribution is 9.09. The van der Waals surface area contributed by atoms with Crippen LogP contribution in [0.15, 0.2) is 6.33 Å². The third-order valence-electron chi connectivity index (χ3n) is 3.78. The molecule has 0 spiro atoms. The van der Waals surface area contributed by atoms with Crippen molar-refractivity contribution in [2.45, 2.75) is 64.1 Å². The maximum atomic E-state index is 4.55. The number of hydrogen-bond acceptors (Lipinski definition) is 2. The maximum Gasteiger partial charge on any atom is 0.115 e. The lowest BCUT2D eigenvalue weighted by atomic mass is 9.88. The summed E-state index contributed by atoms with van der Waals surface area (Å²) in [5.41, 5.74) is 4.26. The monoisotopic (exact) mass is 310 g/mol. The van der Waals surface area contributed by atoms with Gasteiger partial charge in [0, 0.05) is 22.6 Å². The Kier molecular flexibility index (Phi) is 4.41. The Balaban J connectivity index is 2.23. The second-order valence-corrected chi connectivity index (χ2v) is 7.45. The molecule has 2 nitrogen and oxygen atoms in total. The Hall–Kier alpha value is -0.440. The number of nitrogens with zero attached hydrogens (tertiary/aromatic N) is 2. The van der Waals surface area contributed by atoms with Crippen LogP contribution in [0.1, 0.15) is 57.0 Å². The number of rotatable bonds is 2. The van der Waals surface area contributed by atoms with E-state index in [0.717, 1.165) is 19.3 Å². The Morgan fingerprint density at radius 3 is 2.61 bits per heavy atom. The van der Waals surface area contributed by atoms with Gasteiger partial charge in [-0.05, 0) is 36.7 Å². The molecule has 100 valence electrons. The number of aromatic nitrogens is 2. The molecule has 1 aromatic rings. The van der Waals surface area contributed by atoms with Crippen LogP contribution in [0.5, 0.6) is 0 Å². The van der Waals surface area contributed by atoms with Gasteiger partial charge in [-0.2, -0.15) is 0 Å². The van der Waals surface area contributed by atoms with Crippen molar-refractivity contribution in [2.75, 3.05) is 0 Å².